The Morgan fingerprint density at radius 1 is 1.04 bits per heavy atom. The van der Waals surface area contributed by atoms with Gasteiger partial charge in [0.05, 0.1) is 0 Å². The first-order valence-electron chi connectivity index (χ1n) is 8.85. The van der Waals surface area contributed by atoms with E-state index in [1.807, 2.05) is 0 Å². The first-order valence-corrected chi connectivity index (χ1v) is 8.85. The lowest BCUT2D eigenvalue weighted by molar-refractivity contribution is -0.142. The maximum atomic E-state index is 12.1. The smallest absolute Gasteiger partial charge is 0.326 e. The van der Waals surface area contributed by atoms with Crippen molar-refractivity contribution in [1.29, 1.82) is 0 Å². The molecule has 1 rings (SSSR count). The van der Waals surface area contributed by atoms with E-state index in [0.717, 1.165) is 12.8 Å². The molecule has 4 N–H and O–H groups in total. The predicted octanol–water partition coefficient (Wildman–Crippen LogP) is 1.14. The zero-order valence-corrected chi connectivity index (χ0v) is 14.6. The number of carboxylic acids is 2. The Labute approximate surface area is 147 Å². The molecular formula is C17H28N2O6. The van der Waals surface area contributed by atoms with Gasteiger partial charge in [-0.2, -0.15) is 0 Å². The minimum atomic E-state index is -1.02. The molecule has 8 heteroatoms. The van der Waals surface area contributed by atoms with Crippen molar-refractivity contribution < 1.29 is 29.4 Å². The summed E-state index contributed by atoms with van der Waals surface area (Å²) in [5.41, 5.74) is 0. The number of rotatable bonds is 10. The molecule has 1 aliphatic rings. The number of hydrogen-bond donors (Lipinski definition) is 4. The van der Waals surface area contributed by atoms with Crippen molar-refractivity contribution in [3.63, 3.8) is 0 Å². The molecule has 0 bridgehead atoms. The fourth-order valence-electron chi connectivity index (χ4n) is 3.00. The lowest BCUT2D eigenvalue weighted by atomic mass is 9.81. The van der Waals surface area contributed by atoms with E-state index < -0.39 is 18.0 Å². The van der Waals surface area contributed by atoms with Gasteiger partial charge in [0.15, 0.2) is 0 Å². The van der Waals surface area contributed by atoms with Crippen LogP contribution in [0, 0.1) is 11.8 Å². The van der Waals surface area contributed by atoms with Crippen molar-refractivity contribution in [1.82, 2.24) is 10.6 Å². The Morgan fingerprint density at radius 3 is 2.20 bits per heavy atom. The highest BCUT2D eigenvalue weighted by molar-refractivity contribution is 5.85. The monoisotopic (exact) mass is 356 g/mol. The van der Waals surface area contributed by atoms with Gasteiger partial charge in [0, 0.05) is 25.3 Å². The van der Waals surface area contributed by atoms with Gasteiger partial charge >= 0.3 is 11.9 Å². The topological polar surface area (TPSA) is 133 Å². The van der Waals surface area contributed by atoms with Crippen LogP contribution >= 0.6 is 0 Å². The van der Waals surface area contributed by atoms with E-state index in [0.29, 0.717) is 38.1 Å². The Hall–Kier alpha value is -2.12. The summed E-state index contributed by atoms with van der Waals surface area (Å²) in [6, 6.07) is -0.838. The van der Waals surface area contributed by atoms with Gasteiger partial charge in [-0.3, -0.25) is 14.4 Å². The third-order valence-corrected chi connectivity index (χ3v) is 4.62. The first kappa shape index (κ1) is 20.9. The van der Waals surface area contributed by atoms with Crippen LogP contribution in [0.25, 0.3) is 0 Å². The SMILES string of the molecule is CCC(NC(=O)[C@H]1CC[C@H](CNC(=O)CCCC(=O)O)CC1)C(=O)O. The third-order valence-electron chi connectivity index (χ3n) is 4.62. The molecule has 0 radical (unpaired) electrons. The summed E-state index contributed by atoms with van der Waals surface area (Å²) in [5, 5.41) is 22.9. The number of nitrogens with one attached hydrogen (secondary N) is 2. The van der Waals surface area contributed by atoms with Gasteiger partial charge in [0.1, 0.15) is 6.04 Å². The van der Waals surface area contributed by atoms with Gasteiger partial charge in [-0.1, -0.05) is 6.92 Å². The van der Waals surface area contributed by atoms with Crippen LogP contribution in [0.2, 0.25) is 0 Å². The standard InChI is InChI=1S/C17H28N2O6/c1-2-13(17(24)25)19-16(23)12-8-6-11(7-9-12)10-18-14(20)4-3-5-15(21)22/h11-13H,2-10H2,1H3,(H,18,20)(H,19,23)(H,21,22)(H,24,25)/t11-,12-,13?. The molecule has 1 unspecified atom stereocenters. The van der Waals surface area contributed by atoms with Crippen LogP contribution in [0.4, 0.5) is 0 Å². The van der Waals surface area contributed by atoms with E-state index in [4.69, 9.17) is 10.2 Å². The number of hydrogen-bond acceptors (Lipinski definition) is 4. The van der Waals surface area contributed by atoms with Crippen LogP contribution in [-0.4, -0.2) is 46.6 Å². The minimum absolute atomic E-state index is 0.0112. The number of aliphatic carboxylic acids is 2. The van der Waals surface area contributed by atoms with Crippen LogP contribution in [-0.2, 0) is 19.2 Å². The number of carboxylic acid groups (broad SMARTS) is 2. The Morgan fingerprint density at radius 2 is 1.68 bits per heavy atom. The molecule has 1 saturated carbocycles. The summed E-state index contributed by atoms with van der Waals surface area (Å²) < 4.78 is 0. The second-order valence-electron chi connectivity index (χ2n) is 6.58. The fourth-order valence-corrected chi connectivity index (χ4v) is 3.00. The quantitative estimate of drug-likeness (QED) is 0.464. The van der Waals surface area contributed by atoms with Crippen molar-refractivity contribution in [2.24, 2.45) is 11.8 Å². The molecule has 0 spiro atoms. The van der Waals surface area contributed by atoms with E-state index in [2.05, 4.69) is 10.6 Å². The average molecular weight is 356 g/mol. The highest BCUT2D eigenvalue weighted by Crippen LogP contribution is 2.28. The molecular weight excluding hydrogens is 328 g/mol. The van der Waals surface area contributed by atoms with E-state index in [9.17, 15) is 19.2 Å². The number of carbonyl (C=O) groups is 4. The normalized spacial score (nSPS) is 21.2. The molecule has 0 aromatic carbocycles. The molecule has 0 saturated heterocycles. The van der Waals surface area contributed by atoms with Crippen LogP contribution < -0.4 is 10.6 Å². The van der Waals surface area contributed by atoms with Gasteiger partial charge in [-0.15, -0.1) is 0 Å². The summed E-state index contributed by atoms with van der Waals surface area (Å²) in [6.45, 7) is 2.25. The van der Waals surface area contributed by atoms with Gasteiger partial charge < -0.3 is 20.8 Å². The zero-order chi connectivity index (χ0) is 18.8. The highest BCUT2D eigenvalue weighted by atomic mass is 16.4. The third kappa shape index (κ3) is 8.00. The van der Waals surface area contributed by atoms with E-state index >= 15 is 0 Å². The maximum Gasteiger partial charge on any atom is 0.326 e. The molecule has 8 nitrogen and oxygen atoms in total. The van der Waals surface area contributed by atoms with Crippen molar-refractivity contribution in [3.05, 3.63) is 0 Å². The summed E-state index contributed by atoms with van der Waals surface area (Å²) in [4.78, 5) is 45.1. The molecule has 1 aliphatic carbocycles. The average Bonchev–Trinajstić information content (AvgIpc) is 2.57. The van der Waals surface area contributed by atoms with Crippen LogP contribution in [0.1, 0.15) is 58.3 Å². The van der Waals surface area contributed by atoms with Crippen molar-refractivity contribution in [3.8, 4) is 0 Å². The first-order chi connectivity index (χ1) is 11.8. The molecule has 25 heavy (non-hydrogen) atoms. The lowest BCUT2D eigenvalue weighted by Crippen LogP contribution is -2.44. The predicted molar refractivity (Wildman–Crippen MR) is 89.8 cm³/mol. The highest BCUT2D eigenvalue weighted by Gasteiger charge is 2.28. The van der Waals surface area contributed by atoms with Crippen molar-refractivity contribution in [2.45, 2.75) is 64.3 Å². The van der Waals surface area contributed by atoms with Gasteiger partial charge in [0.25, 0.3) is 0 Å². The number of amides is 2. The Kier molecular flexibility index (Phi) is 8.94. The van der Waals surface area contributed by atoms with Gasteiger partial charge in [0.2, 0.25) is 11.8 Å². The molecule has 1 atom stereocenters. The lowest BCUT2D eigenvalue weighted by Gasteiger charge is -2.28. The minimum Gasteiger partial charge on any atom is -0.481 e. The summed E-state index contributed by atoms with van der Waals surface area (Å²) >= 11 is 0. The molecule has 1 fully saturated rings. The number of carbonyl (C=O) groups excluding carboxylic acids is 2. The van der Waals surface area contributed by atoms with Gasteiger partial charge in [-0.05, 0) is 44.4 Å². The second-order valence-corrected chi connectivity index (χ2v) is 6.58. The second kappa shape index (κ2) is 10.7. The van der Waals surface area contributed by atoms with Gasteiger partial charge in [-0.25, -0.2) is 4.79 Å². The molecule has 0 aliphatic heterocycles. The van der Waals surface area contributed by atoms with Crippen molar-refractivity contribution in [2.75, 3.05) is 6.54 Å². The summed E-state index contributed by atoms with van der Waals surface area (Å²) in [6.07, 6.45) is 3.85. The Bertz CT molecular complexity index is 486. The maximum absolute atomic E-state index is 12.1. The fraction of sp³-hybridized carbons (Fsp3) is 0.765. The molecule has 142 valence electrons. The van der Waals surface area contributed by atoms with E-state index in [1.54, 1.807) is 6.92 Å². The summed E-state index contributed by atoms with van der Waals surface area (Å²) in [7, 11) is 0. The molecule has 0 aromatic rings. The van der Waals surface area contributed by atoms with Crippen LogP contribution in [0.5, 0.6) is 0 Å². The molecule has 0 heterocycles. The molecule has 2 amide bonds. The van der Waals surface area contributed by atoms with E-state index in [-0.39, 0.29) is 30.6 Å². The van der Waals surface area contributed by atoms with Crippen LogP contribution in [0.3, 0.4) is 0 Å². The Balaban J connectivity index is 2.24. The molecule has 0 aromatic heterocycles. The largest absolute Gasteiger partial charge is 0.481 e. The summed E-state index contributed by atoms with van der Waals surface area (Å²) in [5.74, 6) is -2.14. The van der Waals surface area contributed by atoms with Crippen molar-refractivity contribution >= 4 is 23.8 Å². The zero-order valence-electron chi connectivity index (χ0n) is 14.6. The van der Waals surface area contributed by atoms with E-state index in [1.165, 1.54) is 0 Å². The van der Waals surface area contributed by atoms with Crippen LogP contribution in [0.15, 0.2) is 0 Å².